The molecule has 0 saturated carbocycles. The third-order valence-corrected chi connectivity index (χ3v) is 5.21. The van der Waals surface area contributed by atoms with Gasteiger partial charge < -0.3 is 4.90 Å². The summed E-state index contributed by atoms with van der Waals surface area (Å²) in [7, 11) is 0. The number of benzene rings is 1. The van der Waals surface area contributed by atoms with Crippen LogP contribution in [0.25, 0.3) is 5.57 Å². The Morgan fingerprint density at radius 1 is 1.38 bits per heavy atom. The summed E-state index contributed by atoms with van der Waals surface area (Å²) in [6.45, 7) is 9.64. The largest absolute Gasteiger partial charge is 0.362 e. The SMILES string of the molecule is CCCN1c2cc(Cl)c(/C=N\Nc3ccc([N+](=O)[O-])cn3)cc2C(C)=CC1(C)C. The molecule has 1 aliphatic rings. The molecule has 0 bridgehead atoms. The Morgan fingerprint density at radius 3 is 2.76 bits per heavy atom. The van der Waals surface area contributed by atoms with E-state index < -0.39 is 4.92 Å². The van der Waals surface area contributed by atoms with Crippen molar-refractivity contribution in [2.45, 2.75) is 39.7 Å². The fraction of sp³-hybridized carbons (Fsp3) is 0.333. The highest BCUT2D eigenvalue weighted by Crippen LogP contribution is 2.41. The first-order valence-electron chi connectivity index (χ1n) is 9.43. The van der Waals surface area contributed by atoms with Crippen LogP contribution in [-0.2, 0) is 0 Å². The van der Waals surface area contributed by atoms with Crippen molar-refractivity contribution in [2.75, 3.05) is 16.9 Å². The zero-order valence-corrected chi connectivity index (χ0v) is 17.7. The van der Waals surface area contributed by atoms with Crippen LogP contribution >= 0.6 is 11.6 Å². The minimum atomic E-state index is -0.494. The molecule has 3 rings (SSSR count). The Morgan fingerprint density at radius 2 is 2.14 bits per heavy atom. The summed E-state index contributed by atoms with van der Waals surface area (Å²) in [5.41, 5.74) is 6.88. The van der Waals surface area contributed by atoms with Gasteiger partial charge in [0.25, 0.3) is 5.69 Å². The number of anilines is 2. The van der Waals surface area contributed by atoms with Crippen LogP contribution in [0.4, 0.5) is 17.2 Å². The van der Waals surface area contributed by atoms with E-state index in [-0.39, 0.29) is 11.2 Å². The molecule has 2 aromatic rings. The van der Waals surface area contributed by atoms with Crippen LogP contribution in [0.2, 0.25) is 5.02 Å². The summed E-state index contributed by atoms with van der Waals surface area (Å²) >= 11 is 6.55. The first-order valence-corrected chi connectivity index (χ1v) is 9.81. The molecule has 1 aromatic carbocycles. The van der Waals surface area contributed by atoms with Crippen LogP contribution in [-0.4, -0.2) is 28.2 Å². The average Bonchev–Trinajstić information content (AvgIpc) is 2.66. The fourth-order valence-electron chi connectivity index (χ4n) is 3.57. The quantitative estimate of drug-likeness (QED) is 0.384. The molecule has 0 fully saturated rings. The van der Waals surface area contributed by atoms with Crippen molar-refractivity contribution in [3.8, 4) is 0 Å². The van der Waals surface area contributed by atoms with E-state index >= 15 is 0 Å². The molecule has 0 radical (unpaired) electrons. The van der Waals surface area contributed by atoms with Gasteiger partial charge in [0.1, 0.15) is 12.0 Å². The van der Waals surface area contributed by atoms with Gasteiger partial charge >= 0.3 is 0 Å². The van der Waals surface area contributed by atoms with E-state index in [2.05, 4.69) is 54.2 Å². The number of fused-ring (bicyclic) bond motifs is 1. The molecule has 152 valence electrons. The highest BCUT2D eigenvalue weighted by Gasteiger charge is 2.31. The average molecular weight is 414 g/mol. The van der Waals surface area contributed by atoms with Crippen molar-refractivity contribution >= 4 is 40.6 Å². The summed E-state index contributed by atoms with van der Waals surface area (Å²) in [6, 6.07) is 6.91. The molecule has 2 heterocycles. The van der Waals surface area contributed by atoms with Crippen molar-refractivity contribution in [1.82, 2.24) is 4.98 Å². The van der Waals surface area contributed by atoms with Gasteiger partial charge in [0.05, 0.1) is 21.7 Å². The smallest absolute Gasteiger partial charge is 0.287 e. The lowest BCUT2D eigenvalue weighted by atomic mass is 9.88. The van der Waals surface area contributed by atoms with Crippen molar-refractivity contribution in [3.05, 3.63) is 62.8 Å². The van der Waals surface area contributed by atoms with Crippen LogP contribution in [0.5, 0.6) is 0 Å². The van der Waals surface area contributed by atoms with E-state index in [1.54, 1.807) is 6.21 Å². The van der Waals surface area contributed by atoms with Crippen LogP contribution in [0.1, 0.15) is 45.2 Å². The zero-order valence-electron chi connectivity index (χ0n) is 16.9. The third-order valence-electron chi connectivity index (χ3n) is 4.88. The van der Waals surface area contributed by atoms with Crippen LogP contribution in [0, 0.1) is 10.1 Å². The van der Waals surface area contributed by atoms with Crippen LogP contribution in [0.3, 0.4) is 0 Å². The van der Waals surface area contributed by atoms with Gasteiger partial charge in [0, 0.05) is 29.4 Å². The minimum absolute atomic E-state index is 0.0703. The number of pyridine rings is 1. The van der Waals surface area contributed by atoms with Gasteiger partial charge in [-0.15, -0.1) is 0 Å². The molecule has 0 atom stereocenters. The first kappa shape index (κ1) is 20.8. The predicted octanol–water partition coefficient (Wildman–Crippen LogP) is 5.50. The molecule has 1 aromatic heterocycles. The number of nitro groups is 1. The van der Waals surface area contributed by atoms with Crippen molar-refractivity contribution in [1.29, 1.82) is 0 Å². The topological polar surface area (TPSA) is 83.7 Å². The normalized spacial score (nSPS) is 15.2. The van der Waals surface area contributed by atoms with Gasteiger partial charge in [-0.3, -0.25) is 15.5 Å². The molecule has 0 saturated heterocycles. The van der Waals surface area contributed by atoms with E-state index in [0.717, 1.165) is 29.8 Å². The van der Waals surface area contributed by atoms with Crippen molar-refractivity contribution in [3.63, 3.8) is 0 Å². The number of halogens is 1. The highest BCUT2D eigenvalue weighted by atomic mass is 35.5. The van der Waals surface area contributed by atoms with Gasteiger partial charge in [0.15, 0.2) is 0 Å². The standard InChI is InChI=1S/C21H24ClN5O2/c1-5-8-26-19-10-18(22)15(9-17(19)14(2)11-21(26,3)4)12-24-25-20-7-6-16(13-23-20)27(28)29/h6-7,9-13H,5,8H2,1-4H3,(H,23,25)/b24-12-. The second-order valence-corrected chi connectivity index (χ2v) is 7.96. The molecular weight excluding hydrogens is 390 g/mol. The zero-order chi connectivity index (χ0) is 21.2. The number of hydrogen-bond acceptors (Lipinski definition) is 6. The molecule has 0 unspecified atom stereocenters. The number of rotatable bonds is 6. The number of nitrogens with zero attached hydrogens (tertiary/aromatic N) is 4. The monoisotopic (exact) mass is 413 g/mol. The van der Waals surface area contributed by atoms with E-state index in [9.17, 15) is 10.1 Å². The lowest BCUT2D eigenvalue weighted by Crippen LogP contribution is -2.45. The van der Waals surface area contributed by atoms with Gasteiger partial charge in [-0.1, -0.05) is 24.6 Å². The van der Waals surface area contributed by atoms with Crippen LogP contribution < -0.4 is 10.3 Å². The minimum Gasteiger partial charge on any atom is -0.362 e. The Kier molecular flexibility index (Phi) is 5.88. The maximum atomic E-state index is 10.7. The van der Waals surface area contributed by atoms with Crippen molar-refractivity contribution in [2.24, 2.45) is 5.10 Å². The molecule has 8 heteroatoms. The second kappa shape index (κ2) is 8.21. The van der Waals surface area contributed by atoms with Crippen LogP contribution in [0.15, 0.2) is 41.6 Å². The maximum absolute atomic E-state index is 10.7. The molecule has 0 aliphatic carbocycles. The Labute approximate surface area is 175 Å². The maximum Gasteiger partial charge on any atom is 0.287 e. The van der Waals surface area contributed by atoms with Crippen molar-refractivity contribution < 1.29 is 4.92 Å². The fourth-order valence-corrected chi connectivity index (χ4v) is 3.78. The highest BCUT2D eigenvalue weighted by molar-refractivity contribution is 6.33. The summed E-state index contributed by atoms with van der Waals surface area (Å²) in [6.07, 6.45) is 6.13. The summed E-state index contributed by atoms with van der Waals surface area (Å²) in [5, 5.41) is 15.5. The number of allylic oxidation sites excluding steroid dienone is 1. The Bertz CT molecular complexity index is 983. The Balaban J connectivity index is 1.85. The number of aromatic nitrogens is 1. The molecule has 29 heavy (non-hydrogen) atoms. The Hall–Kier alpha value is -2.93. The second-order valence-electron chi connectivity index (χ2n) is 7.55. The third kappa shape index (κ3) is 4.40. The predicted molar refractivity (Wildman–Crippen MR) is 119 cm³/mol. The van der Waals surface area contributed by atoms with E-state index in [1.807, 2.05) is 12.1 Å². The summed E-state index contributed by atoms with van der Waals surface area (Å²) < 4.78 is 0. The van der Waals surface area contributed by atoms with Gasteiger partial charge in [-0.2, -0.15) is 5.10 Å². The summed E-state index contributed by atoms with van der Waals surface area (Å²) in [4.78, 5) is 16.5. The van der Waals surface area contributed by atoms with Gasteiger partial charge in [-0.25, -0.2) is 4.98 Å². The first-order chi connectivity index (χ1) is 13.7. The molecule has 1 N–H and O–H groups in total. The number of hydrazone groups is 1. The van der Waals surface area contributed by atoms with E-state index in [0.29, 0.717) is 10.8 Å². The van der Waals surface area contributed by atoms with E-state index in [4.69, 9.17) is 11.6 Å². The summed E-state index contributed by atoms with van der Waals surface area (Å²) in [5.74, 6) is 0.410. The number of nitrogens with one attached hydrogen (secondary N) is 1. The van der Waals surface area contributed by atoms with E-state index in [1.165, 1.54) is 23.9 Å². The molecule has 7 nitrogen and oxygen atoms in total. The van der Waals surface area contributed by atoms with Gasteiger partial charge in [-0.05, 0) is 51.0 Å². The molecule has 0 spiro atoms. The van der Waals surface area contributed by atoms with Gasteiger partial charge in [0.2, 0.25) is 0 Å². The molecule has 0 amide bonds. The number of hydrogen-bond donors (Lipinski definition) is 1. The lowest BCUT2D eigenvalue weighted by Gasteiger charge is -2.43. The molecular formula is C21H24ClN5O2. The lowest BCUT2D eigenvalue weighted by molar-refractivity contribution is -0.385. The molecule has 1 aliphatic heterocycles.